The van der Waals surface area contributed by atoms with Gasteiger partial charge in [-0.15, -0.1) is 23.5 Å². The first kappa shape index (κ1) is 15.8. The number of hydrogen-bond donors (Lipinski definition) is 0. The minimum atomic E-state index is 0.303. The van der Waals surface area contributed by atoms with Crippen molar-refractivity contribution in [3.8, 4) is 5.75 Å². The number of benzene rings is 1. The molecule has 0 spiro atoms. The molecule has 1 aromatic carbocycles. The van der Waals surface area contributed by atoms with Crippen LogP contribution in [0.15, 0.2) is 43.0 Å². The van der Waals surface area contributed by atoms with Gasteiger partial charge in [-0.05, 0) is 37.5 Å². The van der Waals surface area contributed by atoms with Gasteiger partial charge in [-0.2, -0.15) is 0 Å². The highest BCUT2D eigenvalue weighted by Crippen LogP contribution is 2.49. The fraction of sp³-hybridized carbons (Fsp3) is 0.471. The molecule has 0 amide bonds. The zero-order valence-corrected chi connectivity index (χ0v) is 14.5. The van der Waals surface area contributed by atoms with Crippen LogP contribution < -0.4 is 4.74 Å². The Balaban J connectivity index is 1.65. The number of nitrogens with zero attached hydrogens (tertiary/aromatic N) is 2. The molecule has 118 valence electrons. The van der Waals surface area contributed by atoms with Crippen LogP contribution >= 0.6 is 23.5 Å². The average Bonchev–Trinajstić information content (AvgIpc) is 3.20. The minimum Gasteiger partial charge on any atom is -0.494 e. The van der Waals surface area contributed by atoms with Crippen LogP contribution in [-0.2, 0) is 13.0 Å². The topological polar surface area (TPSA) is 27.1 Å². The van der Waals surface area contributed by atoms with Crippen LogP contribution in [0, 0.1) is 0 Å². The molecule has 5 heteroatoms. The van der Waals surface area contributed by atoms with E-state index in [2.05, 4.69) is 63.5 Å². The zero-order chi connectivity index (χ0) is 15.3. The monoisotopic (exact) mass is 334 g/mol. The van der Waals surface area contributed by atoms with Crippen molar-refractivity contribution in [1.82, 2.24) is 9.55 Å². The minimum absolute atomic E-state index is 0.303. The first-order chi connectivity index (χ1) is 10.8. The lowest BCUT2D eigenvalue weighted by Gasteiger charge is -2.27. The fourth-order valence-corrected chi connectivity index (χ4v) is 5.98. The van der Waals surface area contributed by atoms with Crippen LogP contribution in [0.2, 0.25) is 0 Å². The largest absolute Gasteiger partial charge is 0.494 e. The lowest BCUT2D eigenvalue weighted by molar-refractivity contribution is 0.340. The van der Waals surface area contributed by atoms with E-state index in [0.717, 1.165) is 25.3 Å². The second-order valence-corrected chi connectivity index (χ2v) is 8.63. The van der Waals surface area contributed by atoms with Crippen molar-refractivity contribution >= 4 is 23.5 Å². The molecule has 3 rings (SSSR count). The summed E-state index contributed by atoms with van der Waals surface area (Å²) in [5.41, 5.74) is 1.40. The van der Waals surface area contributed by atoms with Crippen LogP contribution in [0.4, 0.5) is 0 Å². The van der Waals surface area contributed by atoms with E-state index >= 15 is 0 Å². The molecule has 0 aliphatic carbocycles. The predicted octanol–water partition coefficient (Wildman–Crippen LogP) is 4.09. The van der Waals surface area contributed by atoms with E-state index in [9.17, 15) is 0 Å². The van der Waals surface area contributed by atoms with Gasteiger partial charge in [-0.3, -0.25) is 0 Å². The maximum atomic E-state index is 5.53. The van der Waals surface area contributed by atoms with Crippen molar-refractivity contribution in [2.45, 2.75) is 30.4 Å². The Kier molecular flexibility index (Phi) is 5.37. The standard InChI is InChI=1S/C17H22N2OS2/c1-2-20-16-5-3-15(4-6-16)13-17(21-11-12-22-17)7-9-19-10-8-18-14-19/h3-6,8,10,14H,2,7,9,11-13H2,1H3. The third-order valence-electron chi connectivity index (χ3n) is 3.83. The second-order valence-electron chi connectivity index (χ2n) is 5.41. The highest BCUT2D eigenvalue weighted by atomic mass is 32.2. The van der Waals surface area contributed by atoms with E-state index in [-0.39, 0.29) is 0 Å². The number of aromatic nitrogens is 2. The second kappa shape index (κ2) is 7.47. The summed E-state index contributed by atoms with van der Waals surface area (Å²) < 4.78 is 8.01. The van der Waals surface area contributed by atoms with Gasteiger partial charge < -0.3 is 9.30 Å². The van der Waals surface area contributed by atoms with Crippen molar-refractivity contribution in [3.63, 3.8) is 0 Å². The third kappa shape index (κ3) is 4.02. The molecular formula is C17H22N2OS2. The van der Waals surface area contributed by atoms with Gasteiger partial charge in [0.25, 0.3) is 0 Å². The number of hydrogen-bond acceptors (Lipinski definition) is 4. The van der Waals surface area contributed by atoms with Gasteiger partial charge in [0.1, 0.15) is 5.75 Å². The summed E-state index contributed by atoms with van der Waals surface area (Å²) in [4.78, 5) is 4.14. The van der Waals surface area contributed by atoms with E-state index in [1.807, 2.05) is 19.4 Å². The molecule has 0 bridgehead atoms. The zero-order valence-electron chi connectivity index (χ0n) is 12.9. The van der Waals surface area contributed by atoms with E-state index in [1.54, 1.807) is 0 Å². The third-order valence-corrected chi connectivity index (χ3v) is 7.36. The lowest BCUT2D eigenvalue weighted by Crippen LogP contribution is -2.23. The summed E-state index contributed by atoms with van der Waals surface area (Å²) in [7, 11) is 0. The van der Waals surface area contributed by atoms with Gasteiger partial charge in [-0.25, -0.2) is 4.98 Å². The molecule has 0 atom stereocenters. The number of rotatable bonds is 7. The first-order valence-electron chi connectivity index (χ1n) is 7.75. The van der Waals surface area contributed by atoms with E-state index in [4.69, 9.17) is 4.74 Å². The Morgan fingerprint density at radius 1 is 1.23 bits per heavy atom. The van der Waals surface area contributed by atoms with Gasteiger partial charge in [0.15, 0.2) is 0 Å². The molecule has 22 heavy (non-hydrogen) atoms. The SMILES string of the molecule is CCOc1ccc(CC2(CCn3ccnc3)SCCS2)cc1. The fourth-order valence-electron chi connectivity index (χ4n) is 2.73. The number of ether oxygens (including phenoxy) is 1. The predicted molar refractivity (Wildman–Crippen MR) is 95.8 cm³/mol. The van der Waals surface area contributed by atoms with Gasteiger partial charge in [0.2, 0.25) is 0 Å². The number of thioether (sulfide) groups is 2. The molecular weight excluding hydrogens is 312 g/mol. The van der Waals surface area contributed by atoms with Gasteiger partial charge in [-0.1, -0.05) is 12.1 Å². The summed E-state index contributed by atoms with van der Waals surface area (Å²) in [6.07, 6.45) is 8.10. The van der Waals surface area contributed by atoms with Crippen molar-refractivity contribution in [1.29, 1.82) is 0 Å². The van der Waals surface area contributed by atoms with Crippen molar-refractivity contribution in [3.05, 3.63) is 48.5 Å². The number of imidazole rings is 1. The van der Waals surface area contributed by atoms with Crippen LogP contribution in [-0.4, -0.2) is 31.7 Å². The van der Waals surface area contributed by atoms with Crippen molar-refractivity contribution < 1.29 is 4.74 Å². The summed E-state index contributed by atoms with van der Waals surface area (Å²) in [6.45, 7) is 3.78. The van der Waals surface area contributed by atoms with Gasteiger partial charge >= 0.3 is 0 Å². The van der Waals surface area contributed by atoms with Crippen molar-refractivity contribution in [2.24, 2.45) is 0 Å². The summed E-state index contributed by atoms with van der Waals surface area (Å²) >= 11 is 4.24. The summed E-state index contributed by atoms with van der Waals surface area (Å²) in [5.74, 6) is 3.47. The Labute approximate surface area is 140 Å². The molecule has 0 saturated carbocycles. The Bertz CT molecular complexity index is 563. The average molecular weight is 335 g/mol. The Morgan fingerprint density at radius 2 is 2.00 bits per heavy atom. The highest BCUT2D eigenvalue weighted by Gasteiger charge is 2.35. The lowest BCUT2D eigenvalue weighted by atomic mass is 10.1. The summed E-state index contributed by atoms with van der Waals surface area (Å²) in [5, 5.41) is 0. The maximum absolute atomic E-state index is 5.53. The highest BCUT2D eigenvalue weighted by molar-refractivity contribution is 8.21. The molecule has 1 saturated heterocycles. The van der Waals surface area contributed by atoms with E-state index < -0.39 is 0 Å². The Hall–Kier alpha value is -1.07. The number of aryl methyl sites for hydroxylation is 1. The van der Waals surface area contributed by atoms with Crippen LogP contribution in [0.5, 0.6) is 5.75 Å². The summed E-state index contributed by atoms with van der Waals surface area (Å²) in [6, 6.07) is 8.60. The molecule has 1 aliphatic rings. The van der Waals surface area contributed by atoms with Crippen molar-refractivity contribution in [2.75, 3.05) is 18.1 Å². The van der Waals surface area contributed by atoms with Crippen LogP contribution in [0.25, 0.3) is 0 Å². The first-order valence-corrected chi connectivity index (χ1v) is 9.72. The maximum Gasteiger partial charge on any atom is 0.119 e. The molecule has 2 aromatic rings. The normalized spacial score (nSPS) is 16.8. The van der Waals surface area contributed by atoms with E-state index in [1.165, 1.54) is 23.5 Å². The van der Waals surface area contributed by atoms with Gasteiger partial charge in [0, 0.05) is 30.4 Å². The molecule has 0 unspecified atom stereocenters. The Morgan fingerprint density at radius 3 is 2.64 bits per heavy atom. The smallest absolute Gasteiger partial charge is 0.119 e. The molecule has 2 heterocycles. The quantitative estimate of drug-likeness (QED) is 0.762. The molecule has 1 aliphatic heterocycles. The van der Waals surface area contributed by atoms with Crippen LogP contribution in [0.3, 0.4) is 0 Å². The van der Waals surface area contributed by atoms with E-state index in [0.29, 0.717) is 4.08 Å². The molecule has 3 nitrogen and oxygen atoms in total. The molecule has 0 radical (unpaired) electrons. The van der Waals surface area contributed by atoms with Gasteiger partial charge in [0.05, 0.1) is 17.0 Å². The molecule has 1 fully saturated rings. The molecule has 1 aromatic heterocycles. The van der Waals surface area contributed by atoms with Crippen LogP contribution in [0.1, 0.15) is 18.9 Å². The molecule has 0 N–H and O–H groups in total.